The molecule has 0 unspecified atom stereocenters. The quantitative estimate of drug-likeness (QED) is 0.767. The van der Waals surface area contributed by atoms with E-state index in [2.05, 4.69) is 15.5 Å². The molecule has 1 aliphatic carbocycles. The largest absolute Gasteiger partial charge is 0.311 e. The van der Waals surface area contributed by atoms with Crippen LogP contribution in [-0.2, 0) is 11.2 Å². The topological polar surface area (TPSA) is 57.8 Å². The van der Waals surface area contributed by atoms with Crippen LogP contribution in [0.1, 0.15) is 31.7 Å². The van der Waals surface area contributed by atoms with Gasteiger partial charge in [0.25, 0.3) is 0 Å². The van der Waals surface area contributed by atoms with Crippen LogP contribution in [0, 0.1) is 5.92 Å². The number of aromatic amines is 1. The Morgan fingerprint density at radius 1 is 1.71 bits per heavy atom. The summed E-state index contributed by atoms with van der Waals surface area (Å²) in [5.41, 5.74) is 1.07. The van der Waals surface area contributed by atoms with Crippen molar-refractivity contribution in [2.24, 2.45) is 5.92 Å². The lowest BCUT2D eigenvalue weighted by Crippen LogP contribution is -2.28. The van der Waals surface area contributed by atoms with Gasteiger partial charge >= 0.3 is 0 Å². The third-order valence-electron chi connectivity index (χ3n) is 2.82. The van der Waals surface area contributed by atoms with Gasteiger partial charge in [0.15, 0.2) is 0 Å². The Hall–Kier alpha value is -1.32. The van der Waals surface area contributed by atoms with E-state index in [0.29, 0.717) is 0 Å². The van der Waals surface area contributed by atoms with Gasteiger partial charge in [-0.2, -0.15) is 5.10 Å². The lowest BCUT2D eigenvalue weighted by molar-refractivity contribution is -0.122. The SMILES string of the molecule is CCc1cn[nH]c1NC(=O)C1CCC1. The molecule has 0 aromatic carbocycles. The Bertz CT molecular complexity index is 328. The Kier molecular flexibility index (Phi) is 2.52. The molecule has 4 heteroatoms. The summed E-state index contributed by atoms with van der Waals surface area (Å²) in [6.45, 7) is 2.05. The standard InChI is InChI=1S/C10H15N3O/c1-2-7-6-11-13-9(7)12-10(14)8-4-3-5-8/h6,8H,2-5H2,1H3,(H2,11,12,13,14). The van der Waals surface area contributed by atoms with Crippen LogP contribution in [0.25, 0.3) is 0 Å². The fourth-order valence-electron chi connectivity index (χ4n) is 1.58. The highest BCUT2D eigenvalue weighted by molar-refractivity contribution is 5.92. The summed E-state index contributed by atoms with van der Waals surface area (Å²) >= 11 is 0. The molecule has 0 aliphatic heterocycles. The molecule has 1 heterocycles. The van der Waals surface area contributed by atoms with Crippen molar-refractivity contribution in [3.63, 3.8) is 0 Å². The molecule has 1 aromatic heterocycles. The summed E-state index contributed by atoms with van der Waals surface area (Å²) in [6, 6.07) is 0. The predicted molar refractivity (Wildman–Crippen MR) is 53.9 cm³/mol. The van der Waals surface area contributed by atoms with Crippen molar-refractivity contribution in [1.29, 1.82) is 0 Å². The fourth-order valence-corrected chi connectivity index (χ4v) is 1.58. The molecule has 2 rings (SSSR count). The second kappa shape index (κ2) is 3.82. The average Bonchev–Trinajstić information content (AvgIpc) is 2.48. The van der Waals surface area contributed by atoms with Gasteiger partial charge in [-0.05, 0) is 19.3 Å². The van der Waals surface area contributed by atoms with Crippen LogP contribution in [-0.4, -0.2) is 16.1 Å². The Morgan fingerprint density at radius 2 is 2.50 bits per heavy atom. The van der Waals surface area contributed by atoms with Crippen molar-refractivity contribution in [3.05, 3.63) is 11.8 Å². The number of carbonyl (C=O) groups excluding carboxylic acids is 1. The van der Waals surface area contributed by atoms with E-state index in [0.717, 1.165) is 30.6 Å². The lowest BCUT2D eigenvalue weighted by Gasteiger charge is -2.23. The van der Waals surface area contributed by atoms with Crippen molar-refractivity contribution in [2.45, 2.75) is 32.6 Å². The number of hydrogen-bond donors (Lipinski definition) is 2. The summed E-state index contributed by atoms with van der Waals surface area (Å²) in [7, 11) is 0. The average molecular weight is 193 g/mol. The summed E-state index contributed by atoms with van der Waals surface area (Å²) in [4.78, 5) is 11.6. The number of hydrogen-bond acceptors (Lipinski definition) is 2. The van der Waals surface area contributed by atoms with Gasteiger partial charge in [-0.15, -0.1) is 0 Å². The van der Waals surface area contributed by atoms with Gasteiger partial charge in [-0.25, -0.2) is 0 Å². The maximum absolute atomic E-state index is 11.6. The van der Waals surface area contributed by atoms with Gasteiger partial charge in [0, 0.05) is 11.5 Å². The third kappa shape index (κ3) is 1.64. The van der Waals surface area contributed by atoms with Gasteiger partial charge in [-0.3, -0.25) is 9.89 Å². The van der Waals surface area contributed by atoms with Crippen molar-refractivity contribution < 1.29 is 4.79 Å². The predicted octanol–water partition coefficient (Wildman–Crippen LogP) is 1.71. The molecule has 1 aliphatic rings. The van der Waals surface area contributed by atoms with Crippen LogP contribution >= 0.6 is 0 Å². The molecule has 0 atom stereocenters. The first-order valence-electron chi connectivity index (χ1n) is 5.14. The molecule has 1 aromatic rings. The number of aromatic nitrogens is 2. The molecule has 1 amide bonds. The van der Waals surface area contributed by atoms with E-state index in [1.807, 2.05) is 6.92 Å². The second-order valence-electron chi connectivity index (χ2n) is 3.74. The normalized spacial score (nSPS) is 16.4. The first-order valence-corrected chi connectivity index (χ1v) is 5.14. The minimum atomic E-state index is 0.134. The number of aryl methyl sites for hydroxylation is 1. The first-order chi connectivity index (χ1) is 6.81. The minimum absolute atomic E-state index is 0.134. The van der Waals surface area contributed by atoms with Gasteiger partial charge in [-0.1, -0.05) is 13.3 Å². The molecular formula is C10H15N3O. The van der Waals surface area contributed by atoms with Crippen LogP contribution < -0.4 is 5.32 Å². The number of carbonyl (C=O) groups is 1. The van der Waals surface area contributed by atoms with Gasteiger partial charge < -0.3 is 5.32 Å². The first kappa shape index (κ1) is 9.24. The van der Waals surface area contributed by atoms with Crippen LogP contribution in [0.3, 0.4) is 0 Å². The smallest absolute Gasteiger partial charge is 0.228 e. The van der Waals surface area contributed by atoms with Crippen LogP contribution in [0.2, 0.25) is 0 Å². The molecule has 0 saturated heterocycles. The number of H-pyrrole nitrogens is 1. The molecule has 0 spiro atoms. The zero-order valence-corrected chi connectivity index (χ0v) is 8.34. The highest BCUT2D eigenvalue weighted by Crippen LogP contribution is 2.27. The number of anilines is 1. The summed E-state index contributed by atoms with van der Waals surface area (Å²) in [5, 5.41) is 9.60. The van der Waals surface area contributed by atoms with Crippen LogP contribution in [0.15, 0.2) is 6.20 Å². The van der Waals surface area contributed by atoms with Gasteiger partial charge in [0.05, 0.1) is 6.20 Å². The van der Waals surface area contributed by atoms with Crippen molar-refractivity contribution in [3.8, 4) is 0 Å². The van der Waals surface area contributed by atoms with Crippen molar-refractivity contribution in [2.75, 3.05) is 5.32 Å². The van der Waals surface area contributed by atoms with E-state index in [-0.39, 0.29) is 11.8 Å². The Balaban J connectivity index is 1.99. The summed E-state index contributed by atoms with van der Waals surface area (Å²) < 4.78 is 0. The van der Waals surface area contributed by atoms with Crippen molar-refractivity contribution in [1.82, 2.24) is 10.2 Å². The van der Waals surface area contributed by atoms with E-state index in [4.69, 9.17) is 0 Å². The fraction of sp³-hybridized carbons (Fsp3) is 0.600. The Morgan fingerprint density at radius 3 is 3.07 bits per heavy atom. The lowest BCUT2D eigenvalue weighted by atomic mass is 9.85. The number of nitrogens with zero attached hydrogens (tertiary/aromatic N) is 1. The Labute approximate surface area is 83.1 Å². The zero-order chi connectivity index (χ0) is 9.97. The maximum atomic E-state index is 11.6. The number of amides is 1. The highest BCUT2D eigenvalue weighted by atomic mass is 16.2. The molecule has 4 nitrogen and oxygen atoms in total. The maximum Gasteiger partial charge on any atom is 0.228 e. The summed E-state index contributed by atoms with van der Waals surface area (Å²) in [6.07, 6.45) is 5.89. The summed E-state index contributed by atoms with van der Waals surface area (Å²) in [5.74, 6) is 1.13. The van der Waals surface area contributed by atoms with Crippen LogP contribution in [0.4, 0.5) is 5.82 Å². The van der Waals surface area contributed by atoms with E-state index >= 15 is 0 Å². The molecule has 1 saturated carbocycles. The molecule has 76 valence electrons. The highest BCUT2D eigenvalue weighted by Gasteiger charge is 2.25. The third-order valence-corrected chi connectivity index (χ3v) is 2.82. The molecule has 0 radical (unpaired) electrons. The second-order valence-corrected chi connectivity index (χ2v) is 3.74. The van der Waals surface area contributed by atoms with Gasteiger partial charge in [0.1, 0.15) is 5.82 Å². The van der Waals surface area contributed by atoms with E-state index in [1.54, 1.807) is 6.20 Å². The molecular weight excluding hydrogens is 178 g/mol. The van der Waals surface area contributed by atoms with E-state index in [9.17, 15) is 4.79 Å². The molecule has 2 N–H and O–H groups in total. The molecule has 14 heavy (non-hydrogen) atoms. The number of rotatable bonds is 3. The zero-order valence-electron chi connectivity index (χ0n) is 8.34. The molecule has 1 fully saturated rings. The minimum Gasteiger partial charge on any atom is -0.311 e. The number of nitrogens with one attached hydrogen (secondary N) is 2. The van der Waals surface area contributed by atoms with Crippen LogP contribution in [0.5, 0.6) is 0 Å². The van der Waals surface area contributed by atoms with E-state index in [1.165, 1.54) is 6.42 Å². The van der Waals surface area contributed by atoms with Crippen molar-refractivity contribution >= 4 is 11.7 Å². The molecule has 0 bridgehead atoms. The van der Waals surface area contributed by atoms with E-state index < -0.39 is 0 Å². The van der Waals surface area contributed by atoms with Gasteiger partial charge in [0.2, 0.25) is 5.91 Å². The monoisotopic (exact) mass is 193 g/mol.